The summed E-state index contributed by atoms with van der Waals surface area (Å²) in [7, 11) is -3.39. The maximum Gasteiger partial charge on any atom is 0.242 e. The third-order valence-corrected chi connectivity index (χ3v) is 3.88. The second kappa shape index (κ2) is 4.06. The summed E-state index contributed by atoms with van der Waals surface area (Å²) in [6.07, 6.45) is 0. The molecule has 0 fully saturated rings. The van der Waals surface area contributed by atoms with E-state index in [2.05, 4.69) is 20.7 Å². The Morgan fingerprint density at radius 2 is 2.15 bits per heavy atom. The zero-order chi connectivity index (χ0) is 9.90. The first-order chi connectivity index (χ1) is 6.03. The molecule has 13 heavy (non-hydrogen) atoms. The second-order valence-corrected chi connectivity index (χ2v) is 5.36. The summed E-state index contributed by atoms with van der Waals surface area (Å²) >= 11 is 2.80. The molecule has 0 radical (unpaired) electrons. The first-order valence-corrected chi connectivity index (χ1v) is 6.13. The summed E-state index contributed by atoms with van der Waals surface area (Å²) in [4.78, 5) is 0. The summed E-state index contributed by atoms with van der Waals surface area (Å²) in [6, 6.07) is 5.26. The van der Waals surface area contributed by atoms with Crippen molar-refractivity contribution in [1.29, 1.82) is 0 Å². The standard InChI is InChI=1S/C7H7BrFNO2S/c8-5-13(11,12)10-7-3-1-2-6(9)4-7/h1-4,10H,5H2. The monoisotopic (exact) mass is 267 g/mol. The molecule has 6 heteroatoms. The van der Waals surface area contributed by atoms with Crippen molar-refractivity contribution in [1.82, 2.24) is 0 Å². The molecular weight excluding hydrogens is 261 g/mol. The van der Waals surface area contributed by atoms with Gasteiger partial charge in [-0.1, -0.05) is 22.0 Å². The highest BCUT2D eigenvalue weighted by Crippen LogP contribution is 2.11. The first kappa shape index (κ1) is 10.5. The molecule has 0 aromatic heterocycles. The molecule has 0 bridgehead atoms. The number of halogens is 2. The predicted octanol–water partition coefficient (Wildman–Crippen LogP) is 1.92. The van der Waals surface area contributed by atoms with Crippen molar-refractivity contribution >= 4 is 31.6 Å². The van der Waals surface area contributed by atoms with Gasteiger partial charge in [0.2, 0.25) is 10.0 Å². The number of sulfonamides is 1. The zero-order valence-electron chi connectivity index (χ0n) is 6.50. The van der Waals surface area contributed by atoms with E-state index in [0.29, 0.717) is 0 Å². The number of hydrogen-bond acceptors (Lipinski definition) is 2. The third kappa shape index (κ3) is 3.31. The first-order valence-electron chi connectivity index (χ1n) is 3.35. The van der Waals surface area contributed by atoms with Gasteiger partial charge in [-0.15, -0.1) is 0 Å². The fourth-order valence-electron chi connectivity index (χ4n) is 0.759. The molecule has 0 heterocycles. The molecular formula is C7H7BrFNO2S. The van der Waals surface area contributed by atoms with Crippen LogP contribution in [0.5, 0.6) is 0 Å². The molecule has 1 aromatic rings. The van der Waals surface area contributed by atoms with Crippen LogP contribution in [0.3, 0.4) is 0 Å². The number of nitrogens with one attached hydrogen (secondary N) is 1. The smallest absolute Gasteiger partial charge is 0.242 e. The molecule has 0 spiro atoms. The van der Waals surface area contributed by atoms with E-state index in [1.807, 2.05) is 0 Å². The number of anilines is 1. The summed E-state index contributed by atoms with van der Waals surface area (Å²) in [5, 5.41) is 0. The normalized spacial score (nSPS) is 11.2. The van der Waals surface area contributed by atoms with E-state index < -0.39 is 15.8 Å². The van der Waals surface area contributed by atoms with Crippen molar-refractivity contribution in [2.24, 2.45) is 0 Å². The van der Waals surface area contributed by atoms with E-state index in [9.17, 15) is 12.8 Å². The van der Waals surface area contributed by atoms with Crippen LogP contribution in [0.25, 0.3) is 0 Å². The summed E-state index contributed by atoms with van der Waals surface area (Å²) in [5.74, 6) is -0.477. The number of alkyl halides is 1. The largest absolute Gasteiger partial charge is 0.283 e. The van der Waals surface area contributed by atoms with Gasteiger partial charge in [0.05, 0.1) is 5.69 Å². The van der Waals surface area contributed by atoms with Crippen LogP contribution in [0, 0.1) is 5.82 Å². The zero-order valence-corrected chi connectivity index (χ0v) is 8.90. The number of rotatable bonds is 3. The highest BCUT2D eigenvalue weighted by atomic mass is 79.9. The van der Waals surface area contributed by atoms with Gasteiger partial charge >= 0.3 is 0 Å². The van der Waals surface area contributed by atoms with Gasteiger partial charge in [-0.05, 0) is 18.2 Å². The van der Waals surface area contributed by atoms with Crippen LogP contribution < -0.4 is 4.72 Å². The summed E-state index contributed by atoms with van der Waals surface area (Å²) < 4.78 is 36.6. The Bertz CT molecular complexity index is 393. The Balaban J connectivity index is 2.87. The molecule has 0 atom stereocenters. The van der Waals surface area contributed by atoms with Crippen LogP contribution in [0.1, 0.15) is 0 Å². The molecule has 0 aliphatic heterocycles. The molecule has 0 amide bonds. The highest BCUT2D eigenvalue weighted by Gasteiger charge is 2.07. The van der Waals surface area contributed by atoms with Crippen molar-refractivity contribution in [3.63, 3.8) is 0 Å². The molecule has 0 saturated heterocycles. The van der Waals surface area contributed by atoms with E-state index in [-0.39, 0.29) is 10.3 Å². The molecule has 0 aliphatic carbocycles. The van der Waals surface area contributed by atoms with Gasteiger partial charge in [-0.3, -0.25) is 4.72 Å². The molecule has 0 saturated carbocycles. The molecule has 72 valence electrons. The van der Waals surface area contributed by atoms with Crippen molar-refractivity contribution < 1.29 is 12.8 Å². The lowest BCUT2D eigenvalue weighted by Gasteiger charge is -2.04. The fraction of sp³-hybridized carbons (Fsp3) is 0.143. The molecule has 0 aliphatic rings. The van der Waals surface area contributed by atoms with E-state index in [1.165, 1.54) is 18.2 Å². The van der Waals surface area contributed by atoms with Gasteiger partial charge in [0.1, 0.15) is 10.5 Å². The summed E-state index contributed by atoms with van der Waals surface area (Å²) in [5.41, 5.74) is 0.222. The summed E-state index contributed by atoms with van der Waals surface area (Å²) in [6.45, 7) is 0. The van der Waals surface area contributed by atoms with Crippen LogP contribution in [-0.2, 0) is 10.0 Å². The van der Waals surface area contributed by atoms with Gasteiger partial charge in [-0.2, -0.15) is 0 Å². The Morgan fingerprint density at radius 3 is 2.69 bits per heavy atom. The number of benzene rings is 1. The minimum Gasteiger partial charge on any atom is -0.283 e. The van der Waals surface area contributed by atoms with Crippen LogP contribution in [0.4, 0.5) is 10.1 Å². The van der Waals surface area contributed by atoms with Gasteiger partial charge in [0.25, 0.3) is 0 Å². The minimum absolute atomic E-state index is 0.212. The maximum absolute atomic E-state index is 12.6. The van der Waals surface area contributed by atoms with Crippen molar-refractivity contribution in [3.8, 4) is 0 Å². The van der Waals surface area contributed by atoms with Crippen LogP contribution in [0.15, 0.2) is 24.3 Å². The minimum atomic E-state index is -3.39. The van der Waals surface area contributed by atoms with Crippen LogP contribution in [-0.4, -0.2) is 13.1 Å². The molecule has 1 N–H and O–H groups in total. The van der Waals surface area contributed by atoms with E-state index >= 15 is 0 Å². The van der Waals surface area contributed by atoms with Gasteiger partial charge in [0, 0.05) is 0 Å². The Morgan fingerprint density at radius 1 is 1.46 bits per heavy atom. The average Bonchev–Trinajstić information content (AvgIpc) is 2.03. The molecule has 3 nitrogen and oxygen atoms in total. The predicted molar refractivity (Wildman–Crippen MR) is 52.7 cm³/mol. The fourth-order valence-corrected chi connectivity index (χ4v) is 1.64. The van der Waals surface area contributed by atoms with Crippen molar-refractivity contribution in [2.75, 3.05) is 9.38 Å². The quantitative estimate of drug-likeness (QED) is 0.851. The van der Waals surface area contributed by atoms with E-state index in [1.54, 1.807) is 0 Å². The molecule has 1 rings (SSSR count). The lowest BCUT2D eigenvalue weighted by atomic mass is 10.3. The highest BCUT2D eigenvalue weighted by molar-refractivity contribution is 9.10. The average molecular weight is 268 g/mol. The lowest BCUT2D eigenvalue weighted by molar-refractivity contribution is 0.606. The maximum atomic E-state index is 12.6. The van der Waals surface area contributed by atoms with Gasteiger partial charge in [-0.25, -0.2) is 12.8 Å². The molecule has 1 aromatic carbocycles. The van der Waals surface area contributed by atoms with Crippen LogP contribution in [0.2, 0.25) is 0 Å². The Hall–Kier alpha value is -0.620. The van der Waals surface area contributed by atoms with Gasteiger partial charge < -0.3 is 0 Å². The third-order valence-electron chi connectivity index (χ3n) is 1.24. The van der Waals surface area contributed by atoms with Crippen molar-refractivity contribution in [3.05, 3.63) is 30.1 Å². The number of hydrogen-bond donors (Lipinski definition) is 1. The van der Waals surface area contributed by atoms with E-state index in [0.717, 1.165) is 6.07 Å². The topological polar surface area (TPSA) is 46.2 Å². The van der Waals surface area contributed by atoms with Gasteiger partial charge in [0.15, 0.2) is 0 Å². The van der Waals surface area contributed by atoms with Crippen molar-refractivity contribution in [2.45, 2.75) is 0 Å². The Labute approximate surface area is 84.1 Å². The second-order valence-electron chi connectivity index (χ2n) is 2.34. The molecule has 0 unspecified atom stereocenters. The van der Waals surface area contributed by atoms with E-state index in [4.69, 9.17) is 0 Å². The SMILES string of the molecule is O=S(=O)(CBr)Nc1cccc(F)c1. The van der Waals surface area contributed by atoms with Crippen LogP contribution >= 0.6 is 15.9 Å². The lowest BCUT2D eigenvalue weighted by Crippen LogP contribution is -2.13. The Kier molecular flexibility index (Phi) is 3.27.